The van der Waals surface area contributed by atoms with E-state index in [1.807, 2.05) is 0 Å². The molecule has 7 heteroatoms. The van der Waals surface area contributed by atoms with Crippen LogP contribution in [0.5, 0.6) is 11.5 Å². The van der Waals surface area contributed by atoms with Gasteiger partial charge in [-0.3, -0.25) is 14.6 Å². The maximum atomic E-state index is 12.5. The van der Waals surface area contributed by atoms with E-state index < -0.39 is 5.91 Å². The van der Waals surface area contributed by atoms with Crippen molar-refractivity contribution in [2.24, 2.45) is 0 Å². The number of rotatable bonds is 8. The maximum absolute atomic E-state index is 12.5. The molecule has 0 aliphatic heterocycles. The summed E-state index contributed by atoms with van der Waals surface area (Å²) in [5.74, 6) is 0.528. The minimum Gasteiger partial charge on any atom is -0.493 e. The highest BCUT2D eigenvalue weighted by Crippen LogP contribution is 2.29. The van der Waals surface area contributed by atoms with E-state index in [0.717, 1.165) is 12.8 Å². The average Bonchev–Trinajstić information content (AvgIpc) is 2.71. The van der Waals surface area contributed by atoms with Gasteiger partial charge in [-0.05, 0) is 30.7 Å². The van der Waals surface area contributed by atoms with Gasteiger partial charge in [0.05, 0.1) is 14.2 Å². The van der Waals surface area contributed by atoms with Gasteiger partial charge in [-0.25, -0.2) is 0 Å². The smallest absolute Gasteiger partial charge is 0.274 e. The molecule has 0 atom stereocenters. The Morgan fingerprint density at radius 2 is 1.85 bits per heavy atom. The molecule has 2 aromatic rings. The number of benzene rings is 1. The number of hydrogen-bond donors (Lipinski definition) is 1. The summed E-state index contributed by atoms with van der Waals surface area (Å²) in [6.45, 7) is 2.74. The summed E-state index contributed by atoms with van der Waals surface area (Å²) >= 11 is 0. The first-order chi connectivity index (χ1) is 13.0. The number of carbonyl (C=O) groups is 2. The molecule has 1 N–H and O–H groups in total. The van der Waals surface area contributed by atoms with E-state index in [1.54, 1.807) is 43.3 Å². The van der Waals surface area contributed by atoms with Crippen molar-refractivity contribution in [3.05, 3.63) is 47.8 Å². The molecule has 0 saturated carbocycles. The van der Waals surface area contributed by atoms with Crippen LogP contribution in [0.3, 0.4) is 0 Å². The number of amides is 2. The topological polar surface area (TPSA) is 80.8 Å². The van der Waals surface area contributed by atoms with Crippen molar-refractivity contribution >= 4 is 17.5 Å². The van der Waals surface area contributed by atoms with Crippen molar-refractivity contribution in [2.75, 3.05) is 33.1 Å². The Balaban J connectivity index is 2.14. The lowest BCUT2D eigenvalue weighted by Crippen LogP contribution is -2.28. The fraction of sp³-hybridized carbons (Fsp3) is 0.350. The van der Waals surface area contributed by atoms with Crippen molar-refractivity contribution < 1.29 is 19.1 Å². The number of ether oxygens (including phenoxy) is 2. The minimum atomic E-state index is -0.409. The lowest BCUT2D eigenvalue weighted by Gasteiger charge is -2.17. The first-order valence-electron chi connectivity index (χ1n) is 8.75. The zero-order valence-corrected chi connectivity index (χ0v) is 16.1. The van der Waals surface area contributed by atoms with Crippen LogP contribution in [0.2, 0.25) is 0 Å². The summed E-state index contributed by atoms with van der Waals surface area (Å²) in [5.41, 5.74) is 1.14. The molecule has 0 saturated heterocycles. The number of nitrogens with zero attached hydrogens (tertiary/aromatic N) is 2. The van der Waals surface area contributed by atoms with Crippen molar-refractivity contribution in [3.63, 3.8) is 0 Å². The van der Waals surface area contributed by atoms with Gasteiger partial charge in [0.25, 0.3) is 11.8 Å². The highest BCUT2D eigenvalue weighted by atomic mass is 16.5. The number of nitrogens with one attached hydrogen (secondary N) is 1. The van der Waals surface area contributed by atoms with E-state index in [2.05, 4.69) is 17.2 Å². The van der Waals surface area contributed by atoms with Gasteiger partial charge >= 0.3 is 0 Å². The van der Waals surface area contributed by atoms with Crippen molar-refractivity contribution in [3.8, 4) is 11.5 Å². The number of pyridine rings is 1. The number of aromatic nitrogens is 1. The zero-order chi connectivity index (χ0) is 19.8. The molecule has 0 radical (unpaired) electrons. The fourth-order valence-corrected chi connectivity index (χ4v) is 2.51. The molecule has 1 aromatic heterocycles. The predicted molar refractivity (Wildman–Crippen MR) is 104 cm³/mol. The zero-order valence-electron chi connectivity index (χ0n) is 16.1. The summed E-state index contributed by atoms with van der Waals surface area (Å²) in [7, 11) is 4.82. The van der Waals surface area contributed by atoms with Crippen molar-refractivity contribution in [2.45, 2.75) is 19.8 Å². The molecular formula is C20H25N3O4. The molecule has 0 bridgehead atoms. The van der Waals surface area contributed by atoms with Crippen LogP contribution in [0, 0.1) is 0 Å². The Kier molecular flexibility index (Phi) is 7.16. The van der Waals surface area contributed by atoms with Gasteiger partial charge in [0.2, 0.25) is 0 Å². The third kappa shape index (κ3) is 5.20. The van der Waals surface area contributed by atoms with E-state index >= 15 is 0 Å². The van der Waals surface area contributed by atoms with Crippen LogP contribution in [-0.4, -0.2) is 49.5 Å². The highest BCUT2D eigenvalue weighted by molar-refractivity contribution is 6.04. The van der Waals surface area contributed by atoms with Gasteiger partial charge in [0.15, 0.2) is 11.5 Å². The van der Waals surface area contributed by atoms with Gasteiger partial charge in [0, 0.05) is 37.1 Å². The number of unbranched alkanes of at least 4 members (excludes halogenated alkanes) is 1. The molecule has 0 unspecified atom stereocenters. The molecular weight excluding hydrogens is 346 g/mol. The van der Waals surface area contributed by atoms with E-state index in [0.29, 0.717) is 29.3 Å². The lowest BCUT2D eigenvalue weighted by molar-refractivity contribution is 0.0793. The Hall–Kier alpha value is -3.09. The van der Waals surface area contributed by atoms with E-state index in [4.69, 9.17) is 9.47 Å². The average molecular weight is 371 g/mol. The van der Waals surface area contributed by atoms with Gasteiger partial charge in [-0.1, -0.05) is 13.3 Å². The van der Waals surface area contributed by atoms with Crippen molar-refractivity contribution in [1.29, 1.82) is 0 Å². The third-order valence-electron chi connectivity index (χ3n) is 4.07. The molecule has 144 valence electrons. The van der Waals surface area contributed by atoms with E-state index in [-0.39, 0.29) is 11.6 Å². The second-order valence-electron chi connectivity index (χ2n) is 6.03. The second kappa shape index (κ2) is 9.56. The van der Waals surface area contributed by atoms with Gasteiger partial charge in [-0.2, -0.15) is 0 Å². The van der Waals surface area contributed by atoms with E-state index in [1.165, 1.54) is 19.4 Å². The third-order valence-corrected chi connectivity index (χ3v) is 4.07. The summed E-state index contributed by atoms with van der Waals surface area (Å²) in [6, 6.07) is 8.17. The number of hydrogen-bond acceptors (Lipinski definition) is 5. The van der Waals surface area contributed by atoms with Crippen LogP contribution in [0.1, 0.15) is 40.6 Å². The van der Waals surface area contributed by atoms with Crippen molar-refractivity contribution in [1.82, 2.24) is 9.88 Å². The predicted octanol–water partition coefficient (Wildman–Crippen LogP) is 3.22. The van der Waals surface area contributed by atoms with Crippen LogP contribution in [0.25, 0.3) is 0 Å². The minimum absolute atomic E-state index is 0.133. The van der Waals surface area contributed by atoms with Crippen LogP contribution in [0.4, 0.5) is 5.69 Å². The number of methoxy groups -OCH3 is 2. The normalized spacial score (nSPS) is 10.2. The van der Waals surface area contributed by atoms with Crippen LogP contribution in [-0.2, 0) is 0 Å². The van der Waals surface area contributed by atoms with Gasteiger partial charge < -0.3 is 19.7 Å². The lowest BCUT2D eigenvalue weighted by atomic mass is 10.2. The Morgan fingerprint density at radius 3 is 2.52 bits per heavy atom. The quantitative estimate of drug-likeness (QED) is 0.771. The van der Waals surface area contributed by atoms with E-state index in [9.17, 15) is 9.59 Å². The molecule has 1 aromatic carbocycles. The fourth-order valence-electron chi connectivity index (χ4n) is 2.51. The molecule has 0 spiro atoms. The molecule has 7 nitrogen and oxygen atoms in total. The Labute approximate surface area is 159 Å². The molecule has 0 fully saturated rings. The van der Waals surface area contributed by atoms with Crippen LogP contribution >= 0.6 is 0 Å². The Morgan fingerprint density at radius 1 is 1.11 bits per heavy atom. The second-order valence-corrected chi connectivity index (χ2v) is 6.03. The van der Waals surface area contributed by atoms with Gasteiger partial charge in [0.1, 0.15) is 5.69 Å². The van der Waals surface area contributed by atoms with Crippen LogP contribution in [0.15, 0.2) is 36.5 Å². The maximum Gasteiger partial charge on any atom is 0.274 e. The first-order valence-corrected chi connectivity index (χ1v) is 8.75. The number of anilines is 1. The van der Waals surface area contributed by atoms with Gasteiger partial charge in [-0.15, -0.1) is 0 Å². The highest BCUT2D eigenvalue weighted by Gasteiger charge is 2.15. The summed E-state index contributed by atoms with van der Waals surface area (Å²) < 4.78 is 10.4. The summed E-state index contributed by atoms with van der Waals surface area (Å²) in [6.07, 6.45) is 3.40. The monoisotopic (exact) mass is 371 g/mol. The molecule has 2 rings (SSSR count). The molecule has 2 amide bonds. The molecule has 1 heterocycles. The molecule has 0 aliphatic carbocycles. The first kappa shape index (κ1) is 20.2. The SMILES string of the molecule is CCCCN(C)C(=O)c1ccnc(C(=O)Nc2ccc(OC)c(OC)c2)c1. The standard InChI is InChI=1S/C20H25N3O4/c1-5-6-11-23(2)20(25)14-9-10-21-16(12-14)19(24)22-15-7-8-17(26-3)18(13-15)27-4/h7-10,12-13H,5-6,11H2,1-4H3,(H,22,24). The molecule has 0 aliphatic rings. The van der Waals surface area contributed by atoms with Crippen LogP contribution < -0.4 is 14.8 Å². The summed E-state index contributed by atoms with van der Waals surface area (Å²) in [5, 5.41) is 2.75. The Bertz CT molecular complexity index is 808. The summed E-state index contributed by atoms with van der Waals surface area (Å²) in [4.78, 5) is 30.7. The number of carbonyl (C=O) groups excluding carboxylic acids is 2. The largest absolute Gasteiger partial charge is 0.493 e. The molecule has 27 heavy (non-hydrogen) atoms.